The minimum atomic E-state index is -1.02. The van der Waals surface area contributed by atoms with Crippen LogP contribution < -0.4 is 14.8 Å². The van der Waals surface area contributed by atoms with Crippen molar-refractivity contribution in [3.63, 3.8) is 0 Å². The monoisotopic (exact) mass is 390 g/mol. The SMILES string of the molecule is COc1cc(/C=C/C(=O)O[C@@H](C)C(=O)Nc2cccnc2Cl)cc(OC)c1. The lowest BCUT2D eigenvalue weighted by atomic mass is 10.2. The lowest BCUT2D eigenvalue weighted by Crippen LogP contribution is -2.29. The van der Waals surface area contributed by atoms with Crippen molar-refractivity contribution < 1.29 is 23.8 Å². The van der Waals surface area contributed by atoms with E-state index in [0.29, 0.717) is 22.7 Å². The summed E-state index contributed by atoms with van der Waals surface area (Å²) in [5.41, 5.74) is 1.02. The van der Waals surface area contributed by atoms with Crippen LogP contribution in [-0.2, 0) is 14.3 Å². The molecule has 1 N–H and O–H groups in total. The van der Waals surface area contributed by atoms with Crippen LogP contribution in [0.3, 0.4) is 0 Å². The van der Waals surface area contributed by atoms with E-state index >= 15 is 0 Å². The summed E-state index contributed by atoms with van der Waals surface area (Å²) in [4.78, 5) is 27.9. The first-order chi connectivity index (χ1) is 12.9. The summed E-state index contributed by atoms with van der Waals surface area (Å²) in [6, 6.07) is 8.40. The highest BCUT2D eigenvalue weighted by Gasteiger charge is 2.17. The van der Waals surface area contributed by atoms with Gasteiger partial charge in [-0.3, -0.25) is 4.79 Å². The number of amides is 1. The summed E-state index contributed by atoms with van der Waals surface area (Å²) in [7, 11) is 3.07. The zero-order valence-corrected chi connectivity index (χ0v) is 15.8. The molecule has 1 amide bonds. The second kappa shape index (κ2) is 9.59. The number of hydrogen-bond donors (Lipinski definition) is 1. The molecule has 0 bridgehead atoms. The summed E-state index contributed by atoms with van der Waals surface area (Å²) >= 11 is 5.88. The molecule has 0 aliphatic rings. The molecule has 0 aliphatic carbocycles. The molecule has 142 valence electrons. The van der Waals surface area contributed by atoms with E-state index in [1.54, 1.807) is 30.3 Å². The van der Waals surface area contributed by atoms with Gasteiger partial charge < -0.3 is 19.5 Å². The average Bonchev–Trinajstić information content (AvgIpc) is 2.67. The molecule has 0 radical (unpaired) electrons. The number of nitrogens with zero attached hydrogens (tertiary/aromatic N) is 1. The minimum absolute atomic E-state index is 0.149. The van der Waals surface area contributed by atoms with Crippen molar-refractivity contribution in [3.8, 4) is 11.5 Å². The zero-order valence-electron chi connectivity index (χ0n) is 15.1. The Morgan fingerprint density at radius 1 is 1.19 bits per heavy atom. The molecule has 0 saturated carbocycles. The molecule has 8 heteroatoms. The highest BCUT2D eigenvalue weighted by molar-refractivity contribution is 6.32. The van der Waals surface area contributed by atoms with Gasteiger partial charge in [0.05, 0.1) is 19.9 Å². The number of benzene rings is 1. The maximum atomic E-state index is 12.1. The van der Waals surface area contributed by atoms with Gasteiger partial charge in [0.15, 0.2) is 11.3 Å². The standard InChI is InChI=1S/C19H19ClN2O5/c1-12(19(24)22-16-5-4-8-21-18(16)20)27-17(23)7-6-13-9-14(25-2)11-15(10-13)26-3/h4-12H,1-3H3,(H,22,24)/b7-6+/t12-/m0/s1. The van der Waals surface area contributed by atoms with Gasteiger partial charge in [-0.2, -0.15) is 0 Å². The van der Waals surface area contributed by atoms with E-state index in [4.69, 9.17) is 25.8 Å². The Kier molecular flexibility index (Phi) is 7.19. The number of ether oxygens (including phenoxy) is 3. The quantitative estimate of drug-likeness (QED) is 0.443. The fraction of sp³-hybridized carbons (Fsp3) is 0.211. The first-order valence-electron chi connectivity index (χ1n) is 7.96. The van der Waals surface area contributed by atoms with Crippen molar-refractivity contribution in [3.05, 3.63) is 53.3 Å². The van der Waals surface area contributed by atoms with Crippen molar-refractivity contribution in [2.45, 2.75) is 13.0 Å². The van der Waals surface area contributed by atoms with E-state index in [9.17, 15) is 9.59 Å². The van der Waals surface area contributed by atoms with Crippen LogP contribution >= 0.6 is 11.6 Å². The Bertz CT molecular complexity index is 831. The van der Waals surface area contributed by atoms with Gasteiger partial charge in [0.25, 0.3) is 5.91 Å². The fourth-order valence-corrected chi connectivity index (χ4v) is 2.24. The summed E-state index contributed by atoms with van der Waals surface area (Å²) < 4.78 is 15.4. The van der Waals surface area contributed by atoms with Crippen LogP contribution in [0.15, 0.2) is 42.6 Å². The third-order valence-corrected chi connectivity index (χ3v) is 3.77. The van der Waals surface area contributed by atoms with Crippen LogP contribution in [0.5, 0.6) is 11.5 Å². The van der Waals surface area contributed by atoms with Crippen molar-refractivity contribution in [1.82, 2.24) is 4.98 Å². The Morgan fingerprint density at radius 2 is 1.85 bits per heavy atom. The van der Waals surface area contributed by atoms with E-state index < -0.39 is 18.0 Å². The van der Waals surface area contributed by atoms with Crippen LogP contribution in [-0.4, -0.2) is 37.2 Å². The number of pyridine rings is 1. The number of nitrogens with one attached hydrogen (secondary N) is 1. The lowest BCUT2D eigenvalue weighted by Gasteiger charge is -2.12. The number of carbonyl (C=O) groups excluding carboxylic acids is 2. The number of carbonyl (C=O) groups is 2. The molecule has 0 spiro atoms. The fourth-order valence-electron chi connectivity index (χ4n) is 2.07. The molecule has 2 aromatic rings. The second-order valence-electron chi connectivity index (χ2n) is 5.39. The van der Waals surface area contributed by atoms with Gasteiger partial charge in [-0.15, -0.1) is 0 Å². The summed E-state index contributed by atoms with van der Waals surface area (Å²) in [6.07, 6.45) is 3.24. The largest absolute Gasteiger partial charge is 0.497 e. The smallest absolute Gasteiger partial charge is 0.331 e. The summed E-state index contributed by atoms with van der Waals surface area (Å²) in [5, 5.41) is 2.70. The van der Waals surface area contributed by atoms with Crippen molar-refractivity contribution >= 4 is 35.2 Å². The van der Waals surface area contributed by atoms with Crippen molar-refractivity contribution in [2.24, 2.45) is 0 Å². The number of esters is 1. The third kappa shape index (κ3) is 6.00. The molecule has 1 atom stereocenters. The normalized spacial score (nSPS) is 11.7. The number of halogens is 1. The molecule has 0 saturated heterocycles. The molecule has 1 aromatic heterocycles. The Balaban J connectivity index is 1.97. The van der Waals surface area contributed by atoms with Gasteiger partial charge in [0.1, 0.15) is 11.5 Å². The van der Waals surface area contributed by atoms with Gasteiger partial charge in [-0.05, 0) is 42.8 Å². The van der Waals surface area contributed by atoms with Gasteiger partial charge >= 0.3 is 5.97 Å². The molecular weight excluding hydrogens is 372 g/mol. The Labute approximate surface area is 161 Å². The summed E-state index contributed by atoms with van der Waals surface area (Å²) in [5.74, 6) is -0.0154. The third-order valence-electron chi connectivity index (χ3n) is 3.46. The predicted molar refractivity (Wildman–Crippen MR) is 102 cm³/mol. The first-order valence-corrected chi connectivity index (χ1v) is 8.34. The topological polar surface area (TPSA) is 86.8 Å². The highest BCUT2D eigenvalue weighted by atomic mass is 35.5. The maximum absolute atomic E-state index is 12.1. The van der Waals surface area contributed by atoms with E-state index in [1.807, 2.05) is 0 Å². The molecule has 27 heavy (non-hydrogen) atoms. The van der Waals surface area contributed by atoms with Crippen LogP contribution in [0.1, 0.15) is 12.5 Å². The van der Waals surface area contributed by atoms with Crippen LogP contribution in [0.25, 0.3) is 6.08 Å². The number of hydrogen-bond acceptors (Lipinski definition) is 6. The van der Waals surface area contributed by atoms with E-state index in [1.165, 1.54) is 39.5 Å². The Hall–Kier alpha value is -3.06. The van der Waals surface area contributed by atoms with Gasteiger partial charge in [0, 0.05) is 18.3 Å². The number of methoxy groups -OCH3 is 2. The van der Waals surface area contributed by atoms with Gasteiger partial charge in [-0.25, -0.2) is 9.78 Å². The zero-order chi connectivity index (χ0) is 19.8. The van der Waals surface area contributed by atoms with E-state index in [2.05, 4.69) is 10.3 Å². The van der Waals surface area contributed by atoms with Gasteiger partial charge in [0.2, 0.25) is 0 Å². The molecular formula is C19H19ClN2O5. The van der Waals surface area contributed by atoms with E-state index in [0.717, 1.165) is 0 Å². The molecule has 1 aromatic carbocycles. The van der Waals surface area contributed by atoms with Crippen LogP contribution in [0.2, 0.25) is 5.15 Å². The molecule has 0 unspecified atom stereocenters. The number of rotatable bonds is 7. The predicted octanol–water partition coefficient (Wildman–Crippen LogP) is 3.34. The minimum Gasteiger partial charge on any atom is -0.497 e. The van der Waals surface area contributed by atoms with Crippen LogP contribution in [0, 0.1) is 0 Å². The molecule has 0 aliphatic heterocycles. The van der Waals surface area contributed by atoms with Crippen LogP contribution in [0.4, 0.5) is 5.69 Å². The average molecular weight is 391 g/mol. The molecule has 2 rings (SSSR count). The summed E-state index contributed by atoms with van der Waals surface area (Å²) in [6.45, 7) is 1.46. The first kappa shape index (κ1) is 20.3. The van der Waals surface area contributed by atoms with Crippen molar-refractivity contribution in [2.75, 3.05) is 19.5 Å². The number of aromatic nitrogens is 1. The maximum Gasteiger partial charge on any atom is 0.331 e. The highest BCUT2D eigenvalue weighted by Crippen LogP contribution is 2.23. The van der Waals surface area contributed by atoms with Crippen molar-refractivity contribution in [1.29, 1.82) is 0 Å². The molecule has 1 heterocycles. The number of anilines is 1. The molecule has 7 nitrogen and oxygen atoms in total. The lowest BCUT2D eigenvalue weighted by molar-refractivity contribution is -0.148. The Morgan fingerprint density at radius 3 is 2.44 bits per heavy atom. The van der Waals surface area contributed by atoms with E-state index in [-0.39, 0.29) is 5.15 Å². The molecule has 0 fully saturated rings. The second-order valence-corrected chi connectivity index (χ2v) is 5.75. The van der Waals surface area contributed by atoms with Gasteiger partial charge in [-0.1, -0.05) is 11.6 Å².